The highest BCUT2D eigenvalue weighted by Crippen LogP contribution is 2.18. The Hall–Kier alpha value is -3.59. The summed E-state index contributed by atoms with van der Waals surface area (Å²) in [5.74, 6) is 0.249. The highest BCUT2D eigenvalue weighted by atomic mass is 19.1. The van der Waals surface area contributed by atoms with E-state index in [0.29, 0.717) is 29.6 Å². The van der Waals surface area contributed by atoms with Crippen LogP contribution in [0, 0.1) is 5.82 Å². The summed E-state index contributed by atoms with van der Waals surface area (Å²) in [6.45, 7) is 2.21. The number of pyridine rings is 1. The fourth-order valence-corrected chi connectivity index (χ4v) is 2.39. The van der Waals surface area contributed by atoms with Gasteiger partial charge in [-0.25, -0.2) is 24.8 Å². The van der Waals surface area contributed by atoms with Gasteiger partial charge in [0.05, 0.1) is 13.7 Å². The van der Waals surface area contributed by atoms with Gasteiger partial charge in [0.25, 0.3) is 5.91 Å². The highest BCUT2D eigenvalue weighted by Gasteiger charge is 2.12. The van der Waals surface area contributed by atoms with Crippen molar-refractivity contribution in [3.8, 4) is 23.0 Å². The molecule has 1 N–H and O–H groups in total. The van der Waals surface area contributed by atoms with Crippen molar-refractivity contribution in [1.82, 2.24) is 20.4 Å². The number of hydrogen-bond acceptors (Lipinski definition) is 7. The maximum Gasteiger partial charge on any atom is 0.293 e. The van der Waals surface area contributed by atoms with Crippen LogP contribution in [0.5, 0.6) is 11.6 Å². The topological polar surface area (TPSA) is 95.5 Å². The number of nitrogens with zero attached hydrogens (tertiary/aromatic N) is 3. The zero-order valence-electron chi connectivity index (χ0n) is 15.9. The largest absolute Gasteiger partial charge is 0.497 e. The van der Waals surface area contributed by atoms with Crippen molar-refractivity contribution in [3.63, 3.8) is 0 Å². The first-order chi connectivity index (χ1) is 14.1. The third-order valence-corrected chi connectivity index (χ3v) is 3.82. The van der Waals surface area contributed by atoms with Crippen molar-refractivity contribution >= 4 is 5.91 Å². The van der Waals surface area contributed by atoms with E-state index >= 15 is 0 Å². The lowest BCUT2D eigenvalue weighted by molar-refractivity contribution is 0.0219. The Balaban J connectivity index is 1.63. The van der Waals surface area contributed by atoms with Crippen molar-refractivity contribution in [2.24, 2.45) is 0 Å². The van der Waals surface area contributed by atoms with Crippen LogP contribution in [0.25, 0.3) is 11.4 Å². The van der Waals surface area contributed by atoms with Gasteiger partial charge in [-0.2, -0.15) is 0 Å². The molecular weight excluding hydrogens is 379 g/mol. The number of rotatable bonds is 8. The molecule has 1 aromatic carbocycles. The lowest BCUT2D eigenvalue weighted by atomic mass is 10.2. The number of aromatic nitrogens is 3. The number of benzene rings is 1. The molecule has 0 saturated carbocycles. The van der Waals surface area contributed by atoms with Crippen LogP contribution in [0.4, 0.5) is 4.39 Å². The number of methoxy groups -OCH3 is 1. The number of hydrogen-bond donors (Lipinski definition) is 1. The molecule has 3 rings (SSSR count). The second-order valence-electron chi connectivity index (χ2n) is 5.76. The SMILES string of the molecule is CCOc1ccc(-c2nccc(C(=O)NOCc3cc(OC)ccc3F)n2)cn1. The van der Waals surface area contributed by atoms with E-state index in [1.54, 1.807) is 18.3 Å². The Kier molecular flexibility index (Phi) is 6.64. The number of amides is 1. The minimum absolute atomic E-state index is 0.0926. The van der Waals surface area contributed by atoms with Gasteiger partial charge in [-0.3, -0.25) is 9.63 Å². The first-order valence-corrected chi connectivity index (χ1v) is 8.77. The predicted molar refractivity (Wildman–Crippen MR) is 102 cm³/mol. The molecule has 3 aromatic rings. The Bertz CT molecular complexity index is 982. The van der Waals surface area contributed by atoms with E-state index < -0.39 is 11.7 Å². The molecule has 2 aromatic heterocycles. The van der Waals surface area contributed by atoms with Gasteiger partial charge in [0.15, 0.2) is 5.82 Å². The van der Waals surface area contributed by atoms with Gasteiger partial charge in [-0.05, 0) is 37.3 Å². The third-order valence-electron chi connectivity index (χ3n) is 3.82. The Morgan fingerprint density at radius 2 is 2.03 bits per heavy atom. The van der Waals surface area contributed by atoms with Crippen molar-refractivity contribution in [2.75, 3.05) is 13.7 Å². The Morgan fingerprint density at radius 3 is 2.76 bits per heavy atom. The van der Waals surface area contributed by atoms with Crippen molar-refractivity contribution < 1.29 is 23.5 Å². The summed E-state index contributed by atoms with van der Waals surface area (Å²) in [7, 11) is 1.48. The Labute approximate surface area is 166 Å². The van der Waals surface area contributed by atoms with Crippen LogP contribution in [0.15, 0.2) is 48.8 Å². The third kappa shape index (κ3) is 5.23. The minimum atomic E-state index is -0.587. The average Bonchev–Trinajstić information content (AvgIpc) is 2.76. The van der Waals surface area contributed by atoms with Crippen LogP contribution >= 0.6 is 0 Å². The van der Waals surface area contributed by atoms with Crippen molar-refractivity contribution in [3.05, 3.63) is 65.9 Å². The number of nitrogens with one attached hydrogen (secondary N) is 1. The molecule has 29 heavy (non-hydrogen) atoms. The molecule has 0 fully saturated rings. The van der Waals surface area contributed by atoms with Crippen LogP contribution in [0.3, 0.4) is 0 Å². The normalized spacial score (nSPS) is 10.4. The zero-order chi connectivity index (χ0) is 20.6. The molecule has 0 aliphatic carbocycles. The average molecular weight is 398 g/mol. The van der Waals surface area contributed by atoms with Crippen LogP contribution in [0.2, 0.25) is 0 Å². The number of carbonyl (C=O) groups excluding carboxylic acids is 1. The second-order valence-corrected chi connectivity index (χ2v) is 5.76. The van der Waals surface area contributed by atoms with E-state index in [4.69, 9.17) is 14.3 Å². The number of halogens is 1. The molecule has 0 aliphatic rings. The molecule has 9 heteroatoms. The van der Waals surface area contributed by atoms with Gasteiger partial charge >= 0.3 is 0 Å². The quantitative estimate of drug-likeness (QED) is 0.583. The molecule has 0 radical (unpaired) electrons. The van der Waals surface area contributed by atoms with Gasteiger partial charge in [0, 0.05) is 29.6 Å². The monoisotopic (exact) mass is 398 g/mol. The zero-order valence-corrected chi connectivity index (χ0v) is 15.9. The minimum Gasteiger partial charge on any atom is -0.497 e. The van der Waals surface area contributed by atoms with E-state index in [1.165, 1.54) is 37.6 Å². The van der Waals surface area contributed by atoms with Gasteiger partial charge in [0.1, 0.15) is 23.9 Å². The molecule has 0 atom stereocenters. The molecule has 0 unspecified atom stereocenters. The molecule has 1 amide bonds. The molecule has 0 aliphatic heterocycles. The maximum absolute atomic E-state index is 13.8. The number of hydroxylamine groups is 1. The smallest absolute Gasteiger partial charge is 0.293 e. The van der Waals surface area contributed by atoms with Crippen molar-refractivity contribution in [2.45, 2.75) is 13.5 Å². The van der Waals surface area contributed by atoms with Crippen LogP contribution in [-0.4, -0.2) is 34.6 Å². The Morgan fingerprint density at radius 1 is 1.17 bits per heavy atom. The molecule has 150 valence electrons. The predicted octanol–water partition coefficient (Wildman–Crippen LogP) is 2.95. The van der Waals surface area contributed by atoms with E-state index in [1.807, 2.05) is 6.92 Å². The fraction of sp³-hybridized carbons (Fsp3) is 0.200. The van der Waals surface area contributed by atoms with E-state index in [-0.39, 0.29) is 17.9 Å². The molecule has 0 spiro atoms. The first kappa shape index (κ1) is 20.2. The lowest BCUT2D eigenvalue weighted by Gasteiger charge is -2.08. The van der Waals surface area contributed by atoms with E-state index in [2.05, 4.69) is 20.4 Å². The summed E-state index contributed by atoms with van der Waals surface area (Å²) in [4.78, 5) is 29.9. The molecule has 0 bridgehead atoms. The van der Waals surface area contributed by atoms with Crippen LogP contribution < -0.4 is 15.0 Å². The van der Waals surface area contributed by atoms with Crippen LogP contribution in [0.1, 0.15) is 23.0 Å². The molecule has 8 nitrogen and oxygen atoms in total. The number of carbonyl (C=O) groups is 1. The van der Waals surface area contributed by atoms with Gasteiger partial charge in [-0.1, -0.05) is 0 Å². The summed E-state index contributed by atoms with van der Waals surface area (Å²) in [6.07, 6.45) is 3.01. The van der Waals surface area contributed by atoms with Gasteiger partial charge < -0.3 is 9.47 Å². The summed E-state index contributed by atoms with van der Waals surface area (Å²) in [6, 6.07) is 9.13. The molecular formula is C20H19FN4O4. The lowest BCUT2D eigenvalue weighted by Crippen LogP contribution is -2.25. The summed E-state index contributed by atoms with van der Waals surface area (Å²) in [5.41, 5.74) is 3.21. The second kappa shape index (κ2) is 9.56. The summed E-state index contributed by atoms with van der Waals surface area (Å²) in [5, 5.41) is 0. The van der Waals surface area contributed by atoms with Crippen molar-refractivity contribution in [1.29, 1.82) is 0 Å². The first-order valence-electron chi connectivity index (χ1n) is 8.77. The standard InChI is InChI=1S/C20H19FN4O4/c1-3-28-18-7-4-13(11-23-18)19-22-9-8-17(24-19)20(26)25-29-12-14-10-15(27-2)5-6-16(14)21/h4-11H,3,12H2,1-2H3,(H,25,26). The number of ether oxygens (including phenoxy) is 2. The fourth-order valence-electron chi connectivity index (χ4n) is 2.39. The van der Waals surface area contributed by atoms with E-state index in [9.17, 15) is 9.18 Å². The van der Waals surface area contributed by atoms with Gasteiger partial charge in [-0.15, -0.1) is 0 Å². The van der Waals surface area contributed by atoms with E-state index in [0.717, 1.165) is 0 Å². The molecule has 2 heterocycles. The van der Waals surface area contributed by atoms with Crippen LogP contribution in [-0.2, 0) is 11.4 Å². The molecule has 0 saturated heterocycles. The van der Waals surface area contributed by atoms with Gasteiger partial charge in [0.2, 0.25) is 5.88 Å². The summed E-state index contributed by atoms with van der Waals surface area (Å²) < 4.78 is 24.1. The highest BCUT2D eigenvalue weighted by molar-refractivity contribution is 5.91. The maximum atomic E-state index is 13.8. The summed E-state index contributed by atoms with van der Waals surface area (Å²) >= 11 is 0.